The quantitative estimate of drug-likeness (QED) is 0.511. The van der Waals surface area contributed by atoms with Gasteiger partial charge in [-0.05, 0) is 64.3 Å². The lowest BCUT2D eigenvalue weighted by Crippen LogP contribution is -2.13. The summed E-state index contributed by atoms with van der Waals surface area (Å²) < 4.78 is 7.90. The first-order chi connectivity index (χ1) is 14.3. The van der Waals surface area contributed by atoms with Crippen LogP contribution in [-0.2, 0) is 6.54 Å². The lowest BCUT2D eigenvalue weighted by molar-refractivity contribution is 0.315. The Morgan fingerprint density at radius 2 is 1.87 bits per heavy atom. The average molecular weight is 408 g/mol. The summed E-state index contributed by atoms with van der Waals surface area (Å²) in [6.07, 6.45) is 0.896. The number of rotatable bonds is 9. The highest BCUT2D eigenvalue weighted by Gasteiger charge is 2.14. The Labute approximate surface area is 179 Å². The van der Waals surface area contributed by atoms with Crippen LogP contribution in [0.3, 0.4) is 0 Å². The molecule has 3 rings (SSSR count). The maximum atomic E-state index is 5.82. The van der Waals surface area contributed by atoms with Crippen molar-refractivity contribution >= 4 is 5.82 Å². The molecule has 30 heavy (non-hydrogen) atoms. The van der Waals surface area contributed by atoms with Crippen molar-refractivity contribution in [3.8, 4) is 5.75 Å². The maximum absolute atomic E-state index is 5.82. The molecule has 0 radical (unpaired) electrons. The molecule has 0 bridgehead atoms. The zero-order valence-corrected chi connectivity index (χ0v) is 19.0. The highest BCUT2D eigenvalue weighted by Crippen LogP contribution is 2.21. The van der Waals surface area contributed by atoms with Crippen molar-refractivity contribution in [1.29, 1.82) is 0 Å². The largest absolute Gasteiger partial charge is 0.494 e. The van der Waals surface area contributed by atoms with Gasteiger partial charge in [0.05, 0.1) is 18.0 Å². The third-order valence-electron chi connectivity index (χ3n) is 5.44. The molecule has 0 saturated carbocycles. The molecule has 0 aliphatic carbocycles. The number of nitrogens with zero attached hydrogens (tertiary/aromatic N) is 4. The molecule has 6 nitrogen and oxygen atoms in total. The monoisotopic (exact) mass is 407 g/mol. The molecule has 0 aliphatic rings. The molecular weight excluding hydrogens is 374 g/mol. The highest BCUT2D eigenvalue weighted by atomic mass is 16.5. The van der Waals surface area contributed by atoms with Crippen molar-refractivity contribution in [1.82, 2.24) is 19.7 Å². The highest BCUT2D eigenvalue weighted by molar-refractivity contribution is 5.37. The Balaban J connectivity index is 1.54. The van der Waals surface area contributed by atoms with Crippen molar-refractivity contribution in [2.24, 2.45) is 0 Å². The van der Waals surface area contributed by atoms with Crippen LogP contribution in [0, 0.1) is 34.6 Å². The van der Waals surface area contributed by atoms with Gasteiger partial charge in [0.1, 0.15) is 17.4 Å². The van der Waals surface area contributed by atoms with E-state index in [0.717, 1.165) is 48.3 Å². The Hall–Kier alpha value is -2.89. The maximum Gasteiger partial charge on any atom is 0.129 e. The number of aryl methyl sites for hydroxylation is 3. The van der Waals surface area contributed by atoms with Crippen LogP contribution < -0.4 is 10.1 Å². The summed E-state index contributed by atoms with van der Waals surface area (Å²) >= 11 is 0. The van der Waals surface area contributed by atoms with Gasteiger partial charge >= 0.3 is 0 Å². The van der Waals surface area contributed by atoms with Gasteiger partial charge in [-0.15, -0.1) is 0 Å². The SMILES string of the molecule is Cc1cccc(OCCCNc2cc(C(C)Cn3nc(C)c(C)c3C)nc(C)n2)c1. The van der Waals surface area contributed by atoms with E-state index in [1.54, 1.807) is 0 Å². The molecular formula is C24H33N5O. The molecule has 0 amide bonds. The Morgan fingerprint density at radius 3 is 2.57 bits per heavy atom. The minimum absolute atomic E-state index is 0.245. The van der Waals surface area contributed by atoms with Crippen LogP contribution in [0.4, 0.5) is 5.82 Å². The third-order valence-corrected chi connectivity index (χ3v) is 5.44. The first-order valence-corrected chi connectivity index (χ1v) is 10.6. The molecule has 0 saturated heterocycles. The van der Waals surface area contributed by atoms with Gasteiger partial charge in [-0.2, -0.15) is 5.10 Å². The molecule has 6 heteroatoms. The fourth-order valence-electron chi connectivity index (χ4n) is 3.43. The summed E-state index contributed by atoms with van der Waals surface area (Å²) in [5, 5.41) is 8.08. The molecule has 0 aliphatic heterocycles. The van der Waals surface area contributed by atoms with E-state index in [2.05, 4.69) is 77.9 Å². The third kappa shape index (κ3) is 5.59. The molecule has 3 aromatic rings. The number of hydrogen-bond acceptors (Lipinski definition) is 5. The predicted octanol–water partition coefficient (Wildman–Crippen LogP) is 4.90. The van der Waals surface area contributed by atoms with Gasteiger partial charge in [-0.25, -0.2) is 9.97 Å². The van der Waals surface area contributed by atoms with E-state index in [4.69, 9.17) is 4.74 Å². The minimum Gasteiger partial charge on any atom is -0.494 e. The lowest BCUT2D eigenvalue weighted by Gasteiger charge is -2.15. The summed E-state index contributed by atoms with van der Waals surface area (Å²) in [7, 11) is 0. The standard InChI is InChI=1S/C24H33N5O/c1-16-9-7-10-22(13-16)30-12-8-11-25-24-14-23(26-21(6)27-24)17(2)15-29-20(5)18(3)19(4)28-29/h7,9-10,13-14,17H,8,11-12,15H2,1-6H3,(H,25,26,27). The van der Waals surface area contributed by atoms with Gasteiger partial charge in [0.15, 0.2) is 0 Å². The van der Waals surface area contributed by atoms with Gasteiger partial charge in [0.25, 0.3) is 0 Å². The number of ether oxygens (including phenoxy) is 1. The second-order valence-corrected chi connectivity index (χ2v) is 8.05. The lowest BCUT2D eigenvalue weighted by atomic mass is 10.1. The number of hydrogen-bond donors (Lipinski definition) is 1. The summed E-state index contributed by atoms with van der Waals surface area (Å²) in [5.74, 6) is 2.81. The predicted molar refractivity (Wildman–Crippen MR) is 121 cm³/mol. The fourth-order valence-corrected chi connectivity index (χ4v) is 3.43. The van der Waals surface area contributed by atoms with Gasteiger partial charge < -0.3 is 10.1 Å². The van der Waals surface area contributed by atoms with E-state index in [0.29, 0.717) is 6.61 Å². The molecule has 160 valence electrons. The molecule has 1 aromatic carbocycles. The van der Waals surface area contributed by atoms with Crippen LogP contribution in [0.1, 0.15) is 53.3 Å². The van der Waals surface area contributed by atoms with E-state index in [1.165, 1.54) is 16.8 Å². The van der Waals surface area contributed by atoms with E-state index in [1.807, 2.05) is 19.1 Å². The van der Waals surface area contributed by atoms with Gasteiger partial charge in [-0.1, -0.05) is 19.1 Å². The average Bonchev–Trinajstić information content (AvgIpc) is 2.94. The Bertz CT molecular complexity index is 995. The van der Waals surface area contributed by atoms with Crippen LogP contribution in [0.25, 0.3) is 0 Å². The van der Waals surface area contributed by atoms with Crippen molar-refractivity contribution < 1.29 is 4.74 Å². The molecule has 1 N–H and O–H groups in total. The second-order valence-electron chi connectivity index (χ2n) is 8.05. The fraction of sp³-hybridized carbons (Fsp3) is 0.458. The molecule has 2 aromatic heterocycles. The zero-order chi connectivity index (χ0) is 21.7. The van der Waals surface area contributed by atoms with Crippen LogP contribution in [0.15, 0.2) is 30.3 Å². The van der Waals surface area contributed by atoms with E-state index in [-0.39, 0.29) is 5.92 Å². The number of anilines is 1. The number of aromatic nitrogens is 4. The van der Waals surface area contributed by atoms with Crippen LogP contribution in [0.5, 0.6) is 5.75 Å². The van der Waals surface area contributed by atoms with Crippen molar-refractivity contribution in [3.05, 3.63) is 64.4 Å². The molecule has 0 spiro atoms. The van der Waals surface area contributed by atoms with Gasteiger partial charge in [0.2, 0.25) is 0 Å². The number of nitrogens with one attached hydrogen (secondary N) is 1. The molecule has 2 heterocycles. The Morgan fingerprint density at radius 1 is 1.07 bits per heavy atom. The van der Waals surface area contributed by atoms with Crippen LogP contribution in [0.2, 0.25) is 0 Å². The van der Waals surface area contributed by atoms with Crippen molar-refractivity contribution in [2.75, 3.05) is 18.5 Å². The topological polar surface area (TPSA) is 64.9 Å². The van der Waals surface area contributed by atoms with Crippen molar-refractivity contribution in [2.45, 2.75) is 60.4 Å². The first kappa shape index (κ1) is 21.8. The molecule has 1 atom stereocenters. The summed E-state index contributed by atoms with van der Waals surface area (Å²) in [4.78, 5) is 9.21. The molecule has 1 unspecified atom stereocenters. The normalized spacial score (nSPS) is 12.1. The zero-order valence-electron chi connectivity index (χ0n) is 19.0. The van der Waals surface area contributed by atoms with E-state index >= 15 is 0 Å². The van der Waals surface area contributed by atoms with E-state index in [9.17, 15) is 0 Å². The molecule has 0 fully saturated rings. The summed E-state index contributed by atoms with van der Waals surface area (Å²) in [6.45, 7) is 14.8. The van der Waals surface area contributed by atoms with Crippen LogP contribution in [-0.4, -0.2) is 32.9 Å². The van der Waals surface area contributed by atoms with Gasteiger partial charge in [0, 0.05) is 30.8 Å². The minimum atomic E-state index is 0.245. The first-order valence-electron chi connectivity index (χ1n) is 10.6. The van der Waals surface area contributed by atoms with E-state index < -0.39 is 0 Å². The summed E-state index contributed by atoms with van der Waals surface area (Å²) in [6, 6.07) is 10.2. The number of benzene rings is 1. The smallest absolute Gasteiger partial charge is 0.129 e. The second kappa shape index (κ2) is 9.74. The van der Waals surface area contributed by atoms with Crippen LogP contribution >= 0.6 is 0 Å². The van der Waals surface area contributed by atoms with Crippen molar-refractivity contribution in [3.63, 3.8) is 0 Å². The van der Waals surface area contributed by atoms with Gasteiger partial charge in [-0.3, -0.25) is 4.68 Å². The Kier molecular flexibility index (Phi) is 7.08. The summed E-state index contributed by atoms with van der Waals surface area (Å²) in [5.41, 5.74) is 5.81.